The molecule has 11 heteroatoms. The summed E-state index contributed by atoms with van der Waals surface area (Å²) in [5.41, 5.74) is 2.42. The SMILES string of the molecule is Fc1ccc(-n2nccn2)cc1F.O=CN1CCOC[C@H]1Cc1cccc(-c2ncon2)c1. The van der Waals surface area contributed by atoms with E-state index in [4.69, 9.17) is 9.26 Å². The second-order valence-electron chi connectivity index (χ2n) is 7.15. The molecule has 0 unspecified atom stereocenters. The monoisotopic (exact) mass is 454 g/mol. The molecule has 1 fully saturated rings. The highest BCUT2D eigenvalue weighted by Gasteiger charge is 2.21. The maximum atomic E-state index is 12.7. The molecule has 1 aliphatic rings. The van der Waals surface area contributed by atoms with Crippen LogP contribution in [0, 0.1) is 11.6 Å². The molecule has 9 nitrogen and oxygen atoms in total. The molecule has 2 aromatic heterocycles. The van der Waals surface area contributed by atoms with Crippen LogP contribution in [-0.4, -0.2) is 62.2 Å². The van der Waals surface area contributed by atoms with Gasteiger partial charge in [0.2, 0.25) is 18.6 Å². The normalized spacial score (nSPS) is 15.6. The van der Waals surface area contributed by atoms with Crippen molar-refractivity contribution in [3.05, 3.63) is 78.4 Å². The van der Waals surface area contributed by atoms with Crippen molar-refractivity contribution < 1.29 is 22.8 Å². The Morgan fingerprint density at radius 3 is 2.67 bits per heavy atom. The van der Waals surface area contributed by atoms with Crippen LogP contribution in [0.4, 0.5) is 8.78 Å². The van der Waals surface area contributed by atoms with Crippen LogP contribution < -0.4 is 0 Å². The molecule has 1 saturated heterocycles. The summed E-state index contributed by atoms with van der Waals surface area (Å²) in [6.07, 6.45) is 5.88. The van der Waals surface area contributed by atoms with Gasteiger partial charge in [-0.05, 0) is 30.2 Å². The maximum Gasteiger partial charge on any atom is 0.214 e. The van der Waals surface area contributed by atoms with E-state index in [1.165, 1.54) is 29.7 Å². The summed E-state index contributed by atoms with van der Waals surface area (Å²) in [4.78, 5) is 18.1. The first-order valence-electron chi connectivity index (χ1n) is 10.1. The Kier molecular flexibility index (Phi) is 7.10. The van der Waals surface area contributed by atoms with Crippen LogP contribution in [0.1, 0.15) is 5.56 Å². The first kappa shape index (κ1) is 22.2. The number of hydrogen-bond donors (Lipinski definition) is 0. The van der Waals surface area contributed by atoms with Crippen molar-refractivity contribution in [2.45, 2.75) is 12.5 Å². The zero-order valence-electron chi connectivity index (χ0n) is 17.4. The fourth-order valence-electron chi connectivity index (χ4n) is 3.35. The standard InChI is InChI=1S/C14H15N3O3.C8H5F2N3/c18-10-17-4-5-19-8-13(17)7-11-2-1-3-12(6-11)14-15-9-20-16-14;9-7-2-1-6(5-8(7)10)13-11-3-4-12-13/h1-3,6,9-10,13H,4-5,7-8H2;1-5H/t13-;/m1./s1. The fourth-order valence-corrected chi connectivity index (χ4v) is 3.35. The zero-order valence-corrected chi connectivity index (χ0v) is 17.4. The summed E-state index contributed by atoms with van der Waals surface area (Å²) in [6.45, 7) is 1.84. The van der Waals surface area contributed by atoms with E-state index in [1.807, 2.05) is 24.3 Å². The number of aromatic nitrogens is 5. The number of amides is 1. The van der Waals surface area contributed by atoms with Gasteiger partial charge in [0.25, 0.3) is 0 Å². The van der Waals surface area contributed by atoms with E-state index in [-0.39, 0.29) is 6.04 Å². The topological polar surface area (TPSA) is 99.2 Å². The average molecular weight is 454 g/mol. The van der Waals surface area contributed by atoms with Gasteiger partial charge < -0.3 is 14.2 Å². The summed E-state index contributed by atoms with van der Waals surface area (Å²) < 4.78 is 35.4. The molecule has 170 valence electrons. The van der Waals surface area contributed by atoms with Gasteiger partial charge in [-0.2, -0.15) is 20.0 Å². The second kappa shape index (κ2) is 10.6. The largest absolute Gasteiger partial charge is 0.377 e. The summed E-state index contributed by atoms with van der Waals surface area (Å²) >= 11 is 0. The minimum Gasteiger partial charge on any atom is -0.377 e. The number of carbonyl (C=O) groups excluding carboxylic acids is 1. The van der Waals surface area contributed by atoms with Crippen LogP contribution in [0.25, 0.3) is 17.1 Å². The van der Waals surface area contributed by atoms with Gasteiger partial charge >= 0.3 is 0 Å². The molecular formula is C22H20F2N6O3. The predicted octanol–water partition coefficient (Wildman–Crippen LogP) is 2.68. The van der Waals surface area contributed by atoms with E-state index >= 15 is 0 Å². The highest BCUT2D eigenvalue weighted by atomic mass is 19.2. The molecule has 5 rings (SSSR count). The Balaban J connectivity index is 0.000000172. The molecular weight excluding hydrogens is 434 g/mol. The van der Waals surface area contributed by atoms with Gasteiger partial charge in [0.15, 0.2) is 11.6 Å². The Morgan fingerprint density at radius 2 is 1.94 bits per heavy atom. The second-order valence-corrected chi connectivity index (χ2v) is 7.15. The summed E-state index contributed by atoms with van der Waals surface area (Å²) in [7, 11) is 0. The molecule has 0 bridgehead atoms. The van der Waals surface area contributed by atoms with Gasteiger partial charge in [-0.15, -0.1) is 0 Å². The Bertz CT molecular complexity index is 1170. The average Bonchev–Trinajstić information content (AvgIpc) is 3.57. The van der Waals surface area contributed by atoms with Crippen LogP contribution in [0.3, 0.4) is 0 Å². The van der Waals surface area contributed by atoms with Crippen molar-refractivity contribution in [2.75, 3.05) is 19.8 Å². The summed E-state index contributed by atoms with van der Waals surface area (Å²) in [6, 6.07) is 11.5. The number of halogens is 2. The number of ether oxygens (including phenoxy) is 1. The molecule has 2 aromatic carbocycles. The van der Waals surface area contributed by atoms with E-state index in [9.17, 15) is 13.6 Å². The molecule has 0 saturated carbocycles. The number of rotatable bonds is 5. The molecule has 3 heterocycles. The first-order chi connectivity index (χ1) is 16.1. The lowest BCUT2D eigenvalue weighted by Gasteiger charge is -2.32. The van der Waals surface area contributed by atoms with Gasteiger partial charge in [0, 0.05) is 18.2 Å². The Hall–Kier alpha value is -3.99. The van der Waals surface area contributed by atoms with Crippen molar-refractivity contribution in [2.24, 2.45) is 0 Å². The smallest absolute Gasteiger partial charge is 0.214 e. The van der Waals surface area contributed by atoms with E-state index < -0.39 is 11.6 Å². The zero-order chi connectivity index (χ0) is 23.0. The lowest BCUT2D eigenvalue weighted by Crippen LogP contribution is -2.45. The van der Waals surface area contributed by atoms with Crippen molar-refractivity contribution in [3.8, 4) is 17.1 Å². The van der Waals surface area contributed by atoms with Crippen molar-refractivity contribution in [3.63, 3.8) is 0 Å². The molecule has 1 atom stereocenters. The summed E-state index contributed by atoms with van der Waals surface area (Å²) in [5.74, 6) is -1.22. The van der Waals surface area contributed by atoms with Crippen LogP contribution in [0.15, 0.2) is 65.8 Å². The number of hydrogen-bond acceptors (Lipinski definition) is 7. The molecule has 1 amide bonds. The van der Waals surface area contributed by atoms with Crippen LogP contribution in [0.2, 0.25) is 0 Å². The Morgan fingerprint density at radius 1 is 1.09 bits per heavy atom. The molecule has 4 aromatic rings. The first-order valence-corrected chi connectivity index (χ1v) is 10.1. The van der Waals surface area contributed by atoms with Crippen LogP contribution in [-0.2, 0) is 16.0 Å². The summed E-state index contributed by atoms with van der Waals surface area (Å²) in [5, 5.41) is 11.4. The maximum absolute atomic E-state index is 12.7. The van der Waals surface area contributed by atoms with Gasteiger partial charge in [0.1, 0.15) is 0 Å². The quantitative estimate of drug-likeness (QED) is 0.428. The van der Waals surface area contributed by atoms with Crippen molar-refractivity contribution in [1.82, 2.24) is 30.0 Å². The molecule has 0 spiro atoms. The van der Waals surface area contributed by atoms with E-state index in [1.54, 1.807) is 4.90 Å². The molecule has 0 radical (unpaired) electrons. The van der Waals surface area contributed by atoms with Crippen molar-refractivity contribution in [1.29, 1.82) is 0 Å². The Labute approximate surface area is 187 Å². The third-order valence-electron chi connectivity index (χ3n) is 4.98. The van der Waals surface area contributed by atoms with E-state index in [0.29, 0.717) is 31.3 Å². The lowest BCUT2D eigenvalue weighted by molar-refractivity contribution is -0.126. The van der Waals surface area contributed by atoms with E-state index in [0.717, 1.165) is 36.1 Å². The molecule has 0 N–H and O–H groups in total. The third-order valence-corrected chi connectivity index (χ3v) is 4.98. The van der Waals surface area contributed by atoms with E-state index in [2.05, 4.69) is 20.3 Å². The lowest BCUT2D eigenvalue weighted by atomic mass is 10.0. The molecule has 33 heavy (non-hydrogen) atoms. The molecule has 1 aliphatic heterocycles. The molecule has 0 aliphatic carbocycles. The number of nitrogens with zero attached hydrogens (tertiary/aromatic N) is 6. The third kappa shape index (κ3) is 5.63. The fraction of sp³-hybridized carbons (Fsp3) is 0.227. The minimum atomic E-state index is -0.908. The van der Waals surface area contributed by atoms with Crippen LogP contribution >= 0.6 is 0 Å². The van der Waals surface area contributed by atoms with Gasteiger partial charge in [-0.1, -0.05) is 23.4 Å². The minimum absolute atomic E-state index is 0.0850. The number of morpholine rings is 1. The highest BCUT2D eigenvalue weighted by Crippen LogP contribution is 2.19. The van der Waals surface area contributed by atoms with Gasteiger partial charge in [-0.25, -0.2) is 8.78 Å². The number of benzene rings is 2. The van der Waals surface area contributed by atoms with Crippen LogP contribution in [0.5, 0.6) is 0 Å². The predicted molar refractivity (Wildman–Crippen MR) is 112 cm³/mol. The highest BCUT2D eigenvalue weighted by molar-refractivity contribution is 5.55. The van der Waals surface area contributed by atoms with Gasteiger partial charge in [0.05, 0.1) is 37.3 Å². The van der Waals surface area contributed by atoms with Gasteiger partial charge in [-0.3, -0.25) is 4.79 Å². The number of carbonyl (C=O) groups is 1. The van der Waals surface area contributed by atoms with Crippen molar-refractivity contribution >= 4 is 6.41 Å².